The van der Waals surface area contributed by atoms with Crippen LogP contribution in [0.25, 0.3) is 11.8 Å². The van der Waals surface area contributed by atoms with Gasteiger partial charge in [-0.15, -0.1) is 11.3 Å². The number of ether oxygens (including phenoxy) is 1. The number of nitrogens with zero attached hydrogens (tertiary/aromatic N) is 2. The van der Waals surface area contributed by atoms with Gasteiger partial charge in [-0.05, 0) is 55.1 Å². The van der Waals surface area contributed by atoms with Gasteiger partial charge in [0.05, 0.1) is 0 Å². The van der Waals surface area contributed by atoms with Crippen molar-refractivity contribution in [1.82, 2.24) is 14.9 Å². The highest BCUT2D eigenvalue weighted by Crippen LogP contribution is 2.27. The van der Waals surface area contributed by atoms with Crippen LogP contribution in [0.1, 0.15) is 40.7 Å². The van der Waals surface area contributed by atoms with E-state index in [0.29, 0.717) is 12.4 Å². The fraction of sp³-hybridized carbons (Fsp3) is 0.304. The Morgan fingerprint density at radius 1 is 1.24 bits per heavy atom. The molecule has 0 unspecified atom stereocenters. The topological polar surface area (TPSA) is 56.1 Å². The number of nitrogens with one attached hydrogen (secondary N) is 1. The molecule has 6 heteroatoms. The molecule has 0 aliphatic heterocycles. The highest BCUT2D eigenvalue weighted by atomic mass is 32.1. The maximum atomic E-state index is 12.7. The molecule has 0 saturated heterocycles. The molecule has 0 atom stereocenters. The second kappa shape index (κ2) is 8.76. The van der Waals surface area contributed by atoms with Crippen molar-refractivity contribution < 1.29 is 4.74 Å². The van der Waals surface area contributed by atoms with E-state index < -0.39 is 0 Å². The number of aryl methyl sites for hydroxylation is 2. The molecule has 0 amide bonds. The maximum absolute atomic E-state index is 12.7. The van der Waals surface area contributed by atoms with Gasteiger partial charge in [0.25, 0.3) is 5.56 Å². The third kappa shape index (κ3) is 4.66. The van der Waals surface area contributed by atoms with E-state index >= 15 is 0 Å². The summed E-state index contributed by atoms with van der Waals surface area (Å²) in [5.41, 5.74) is 5.77. The van der Waals surface area contributed by atoms with Crippen molar-refractivity contribution in [3.63, 3.8) is 0 Å². The first-order chi connectivity index (χ1) is 14.1. The molecule has 3 aromatic rings. The van der Waals surface area contributed by atoms with Gasteiger partial charge in [0.15, 0.2) is 0 Å². The van der Waals surface area contributed by atoms with E-state index in [-0.39, 0.29) is 5.56 Å². The quantitative estimate of drug-likeness (QED) is 0.636. The Labute approximate surface area is 174 Å². The Morgan fingerprint density at radius 3 is 2.90 bits per heavy atom. The van der Waals surface area contributed by atoms with Crippen molar-refractivity contribution in [1.29, 1.82) is 0 Å². The zero-order valence-electron chi connectivity index (χ0n) is 16.8. The second-order valence-electron chi connectivity index (χ2n) is 7.19. The third-order valence-corrected chi connectivity index (χ3v) is 5.93. The molecule has 0 fully saturated rings. The molecular weight excluding hydrogens is 382 g/mol. The summed E-state index contributed by atoms with van der Waals surface area (Å²) in [6.07, 6.45) is 5.71. The van der Waals surface area contributed by atoms with Crippen LogP contribution >= 0.6 is 11.3 Å². The van der Waals surface area contributed by atoms with Gasteiger partial charge >= 0.3 is 0 Å². The standard InChI is InChI=1S/C23H25N3O2S/c1-3-24-13-17-4-5-19-11-20(7-6-18(19)10-17)26-9-8-21(12-23(26)27)28-14-22-25-16(2)15-29-22/h4-5,8-12,15,24H,3,6-7,13-14H2,1-2H3. The lowest BCUT2D eigenvalue weighted by atomic mass is 9.93. The van der Waals surface area contributed by atoms with Crippen LogP contribution in [0.15, 0.2) is 46.7 Å². The van der Waals surface area contributed by atoms with Crippen LogP contribution in [0.3, 0.4) is 0 Å². The molecule has 2 heterocycles. The lowest BCUT2D eigenvalue weighted by Crippen LogP contribution is -2.19. The van der Waals surface area contributed by atoms with Crippen LogP contribution in [-0.4, -0.2) is 16.1 Å². The van der Waals surface area contributed by atoms with Gasteiger partial charge in [-0.25, -0.2) is 4.98 Å². The number of fused-ring (bicyclic) bond motifs is 1. The lowest BCUT2D eigenvalue weighted by molar-refractivity contribution is 0.304. The fourth-order valence-corrected chi connectivity index (χ4v) is 4.18. The summed E-state index contributed by atoms with van der Waals surface area (Å²) in [6.45, 7) is 6.31. The molecule has 2 aromatic heterocycles. The summed E-state index contributed by atoms with van der Waals surface area (Å²) in [5, 5.41) is 6.27. The third-order valence-electron chi connectivity index (χ3n) is 4.99. The number of rotatable bonds is 7. The number of thiazole rings is 1. The Kier molecular flexibility index (Phi) is 5.92. The highest BCUT2D eigenvalue weighted by molar-refractivity contribution is 7.09. The maximum Gasteiger partial charge on any atom is 0.258 e. The molecule has 0 spiro atoms. The molecule has 5 nitrogen and oxygen atoms in total. The van der Waals surface area contributed by atoms with E-state index in [1.165, 1.54) is 16.7 Å². The first-order valence-electron chi connectivity index (χ1n) is 9.92. The minimum absolute atomic E-state index is 0.0729. The first-order valence-corrected chi connectivity index (χ1v) is 10.8. The minimum atomic E-state index is -0.0729. The highest BCUT2D eigenvalue weighted by Gasteiger charge is 2.14. The molecule has 29 heavy (non-hydrogen) atoms. The van der Waals surface area contributed by atoms with E-state index in [2.05, 4.69) is 41.5 Å². The van der Waals surface area contributed by atoms with Crippen LogP contribution in [0.2, 0.25) is 0 Å². The molecule has 1 aromatic carbocycles. The van der Waals surface area contributed by atoms with Gasteiger partial charge in [-0.3, -0.25) is 9.36 Å². The zero-order valence-corrected chi connectivity index (χ0v) is 17.6. The normalized spacial score (nSPS) is 13.1. The number of pyridine rings is 1. The molecule has 1 aliphatic carbocycles. The smallest absolute Gasteiger partial charge is 0.258 e. The molecular formula is C23H25N3O2S. The Morgan fingerprint density at radius 2 is 2.14 bits per heavy atom. The predicted octanol–water partition coefficient (Wildman–Crippen LogP) is 4.25. The fourth-order valence-electron chi connectivity index (χ4n) is 3.50. The molecule has 0 saturated carbocycles. The number of hydrogen-bond donors (Lipinski definition) is 1. The first kappa shape index (κ1) is 19.6. The second-order valence-corrected chi connectivity index (χ2v) is 8.13. The summed E-state index contributed by atoms with van der Waals surface area (Å²) >= 11 is 1.57. The number of aromatic nitrogens is 2. The molecule has 0 bridgehead atoms. The van der Waals surface area contributed by atoms with E-state index in [9.17, 15) is 4.79 Å². The average Bonchev–Trinajstić information content (AvgIpc) is 3.15. The summed E-state index contributed by atoms with van der Waals surface area (Å²) in [7, 11) is 0. The monoisotopic (exact) mass is 407 g/mol. The molecule has 0 radical (unpaired) electrons. The van der Waals surface area contributed by atoms with Crippen molar-refractivity contribution in [2.75, 3.05) is 6.54 Å². The van der Waals surface area contributed by atoms with Crippen LogP contribution in [0.5, 0.6) is 5.75 Å². The van der Waals surface area contributed by atoms with E-state index in [4.69, 9.17) is 4.74 Å². The van der Waals surface area contributed by atoms with Crippen LogP contribution in [-0.2, 0) is 19.6 Å². The predicted molar refractivity (Wildman–Crippen MR) is 118 cm³/mol. The van der Waals surface area contributed by atoms with Crippen LogP contribution < -0.4 is 15.6 Å². The zero-order chi connectivity index (χ0) is 20.2. The van der Waals surface area contributed by atoms with Crippen molar-refractivity contribution >= 4 is 23.1 Å². The molecule has 1 N–H and O–H groups in total. The van der Waals surface area contributed by atoms with Gasteiger partial charge in [0.1, 0.15) is 17.4 Å². The summed E-state index contributed by atoms with van der Waals surface area (Å²) in [5.74, 6) is 0.573. The largest absolute Gasteiger partial charge is 0.486 e. The van der Waals surface area contributed by atoms with E-state index in [1.54, 1.807) is 28.2 Å². The number of hydrogen-bond acceptors (Lipinski definition) is 5. The lowest BCUT2D eigenvalue weighted by Gasteiger charge is -2.19. The van der Waals surface area contributed by atoms with Crippen molar-refractivity contribution in [2.24, 2.45) is 0 Å². The summed E-state index contributed by atoms with van der Waals surface area (Å²) in [4.78, 5) is 17.0. The Hall–Kier alpha value is -2.70. The molecule has 4 rings (SSSR count). The SMILES string of the molecule is CCNCc1ccc2c(c1)CCC(n1ccc(OCc3nc(C)cs3)cc1=O)=C2. The van der Waals surface area contributed by atoms with Crippen LogP contribution in [0.4, 0.5) is 0 Å². The number of allylic oxidation sites excluding steroid dienone is 1. The van der Waals surface area contributed by atoms with Crippen LogP contribution in [0, 0.1) is 6.92 Å². The summed E-state index contributed by atoms with van der Waals surface area (Å²) < 4.78 is 7.46. The van der Waals surface area contributed by atoms with Crippen molar-refractivity contribution in [2.45, 2.75) is 39.8 Å². The average molecular weight is 408 g/mol. The van der Waals surface area contributed by atoms with E-state index in [0.717, 1.165) is 42.3 Å². The van der Waals surface area contributed by atoms with Gasteiger partial charge in [-0.2, -0.15) is 0 Å². The number of benzene rings is 1. The van der Waals surface area contributed by atoms with Crippen molar-refractivity contribution in [3.05, 3.63) is 79.7 Å². The van der Waals surface area contributed by atoms with Crippen molar-refractivity contribution in [3.8, 4) is 5.75 Å². The molecule has 150 valence electrons. The minimum Gasteiger partial charge on any atom is -0.486 e. The molecule has 1 aliphatic rings. The van der Waals surface area contributed by atoms with Gasteiger partial charge < -0.3 is 10.1 Å². The van der Waals surface area contributed by atoms with Gasteiger partial charge in [0, 0.05) is 35.6 Å². The Balaban J connectivity index is 1.49. The summed E-state index contributed by atoms with van der Waals surface area (Å²) in [6, 6.07) is 9.97. The van der Waals surface area contributed by atoms with Gasteiger partial charge in [-0.1, -0.05) is 25.1 Å². The van der Waals surface area contributed by atoms with E-state index in [1.807, 2.05) is 18.4 Å². The Bertz CT molecular complexity index is 1100. The van der Waals surface area contributed by atoms with Gasteiger partial charge in [0.2, 0.25) is 0 Å².